The highest BCUT2D eigenvalue weighted by Gasteiger charge is 2.19. The van der Waals surface area contributed by atoms with Gasteiger partial charge in [-0.2, -0.15) is 0 Å². The van der Waals surface area contributed by atoms with Crippen molar-refractivity contribution in [2.24, 2.45) is 0 Å². The second kappa shape index (κ2) is 9.25. The zero-order valence-electron chi connectivity index (χ0n) is 15.3. The molecule has 0 aliphatic carbocycles. The van der Waals surface area contributed by atoms with Crippen LogP contribution in [-0.4, -0.2) is 70.7 Å². The van der Waals surface area contributed by atoms with E-state index >= 15 is 0 Å². The molecule has 0 saturated carbocycles. The molecule has 11 heteroatoms. The number of carbonyl (C=O) groups excluding carboxylic acids is 2. The lowest BCUT2D eigenvalue weighted by Crippen LogP contribution is -2.47. The molecule has 0 unspecified atom stereocenters. The molecule has 150 valence electrons. The van der Waals surface area contributed by atoms with Gasteiger partial charge in [-0.3, -0.25) is 4.79 Å². The number of piperazine rings is 1. The first kappa shape index (κ1) is 21.3. The highest BCUT2D eigenvalue weighted by Crippen LogP contribution is 2.29. The first-order chi connectivity index (χ1) is 12.7. The van der Waals surface area contributed by atoms with E-state index in [0.29, 0.717) is 43.3 Å². The van der Waals surface area contributed by atoms with Crippen molar-refractivity contribution in [2.75, 3.05) is 56.2 Å². The molecule has 0 spiro atoms. The first-order valence-corrected chi connectivity index (χ1v) is 10.7. The Morgan fingerprint density at radius 3 is 2.78 bits per heavy atom. The van der Waals surface area contributed by atoms with Crippen molar-refractivity contribution >= 4 is 44.9 Å². The monoisotopic (exact) mass is 417 g/mol. The van der Waals surface area contributed by atoms with Crippen LogP contribution in [0.5, 0.6) is 0 Å². The molecular weight excluding hydrogens is 394 g/mol. The van der Waals surface area contributed by atoms with Crippen LogP contribution in [0.2, 0.25) is 5.02 Å². The molecule has 1 aliphatic rings. The lowest BCUT2D eigenvalue weighted by molar-refractivity contribution is -0.120. The molecule has 1 aliphatic heterocycles. The molecule has 1 heterocycles. The molecule has 1 aromatic rings. The van der Waals surface area contributed by atoms with E-state index in [4.69, 9.17) is 11.6 Å². The Morgan fingerprint density at radius 2 is 2.15 bits per heavy atom. The molecule has 0 atom stereocenters. The van der Waals surface area contributed by atoms with Crippen LogP contribution in [0, 0.1) is 0 Å². The smallest absolute Gasteiger partial charge is 0.319 e. The van der Waals surface area contributed by atoms with Crippen LogP contribution in [0.4, 0.5) is 16.2 Å². The minimum atomic E-state index is -3.21. The molecule has 27 heavy (non-hydrogen) atoms. The molecule has 0 bridgehead atoms. The van der Waals surface area contributed by atoms with Crippen molar-refractivity contribution in [3.63, 3.8) is 0 Å². The van der Waals surface area contributed by atoms with Crippen molar-refractivity contribution in [1.29, 1.82) is 0 Å². The number of hydrogen-bond acceptors (Lipinski definition) is 5. The van der Waals surface area contributed by atoms with Gasteiger partial charge in [0.05, 0.1) is 23.5 Å². The van der Waals surface area contributed by atoms with Crippen molar-refractivity contribution in [1.82, 2.24) is 14.9 Å². The van der Waals surface area contributed by atoms with E-state index in [1.165, 1.54) is 11.4 Å². The van der Waals surface area contributed by atoms with Crippen molar-refractivity contribution in [2.45, 2.75) is 6.42 Å². The topological polar surface area (TPSA) is 111 Å². The van der Waals surface area contributed by atoms with Crippen LogP contribution in [0.15, 0.2) is 18.2 Å². The number of urea groups is 1. The fourth-order valence-electron chi connectivity index (χ4n) is 2.53. The lowest BCUT2D eigenvalue weighted by Gasteiger charge is -2.29. The summed E-state index contributed by atoms with van der Waals surface area (Å²) in [5, 5.41) is 8.53. The fourth-order valence-corrected chi connectivity index (χ4v) is 3.29. The van der Waals surface area contributed by atoms with Gasteiger partial charge in [0.2, 0.25) is 15.9 Å². The second-order valence-corrected chi connectivity index (χ2v) is 8.75. The maximum absolute atomic E-state index is 11.9. The summed E-state index contributed by atoms with van der Waals surface area (Å²) in [7, 11) is -1.72. The molecule has 0 aromatic heterocycles. The molecular formula is C16H24ClN5O4S. The number of hydrogen-bond donors (Lipinski definition) is 3. The predicted molar refractivity (Wildman–Crippen MR) is 106 cm³/mol. The summed E-state index contributed by atoms with van der Waals surface area (Å²) in [5.74, 6) is -0.0552. The summed E-state index contributed by atoms with van der Waals surface area (Å²) in [6.45, 7) is 2.13. The third kappa shape index (κ3) is 6.56. The second-order valence-electron chi connectivity index (χ2n) is 6.26. The SMILES string of the molecule is CN(CCCNC(=O)Nc1ccc(N2CCNC(=O)C2)c(Cl)c1)S(C)(=O)=O. The number of anilines is 2. The largest absolute Gasteiger partial charge is 0.359 e. The van der Waals surface area contributed by atoms with Gasteiger partial charge in [-0.1, -0.05) is 11.6 Å². The van der Waals surface area contributed by atoms with Gasteiger partial charge < -0.3 is 20.9 Å². The Hall–Kier alpha value is -2.04. The van der Waals surface area contributed by atoms with Gasteiger partial charge in [0.25, 0.3) is 0 Å². The van der Waals surface area contributed by atoms with E-state index < -0.39 is 16.1 Å². The summed E-state index contributed by atoms with van der Waals surface area (Å²) in [4.78, 5) is 25.3. The van der Waals surface area contributed by atoms with Gasteiger partial charge in [0.15, 0.2) is 0 Å². The lowest BCUT2D eigenvalue weighted by atomic mass is 10.2. The maximum atomic E-state index is 11.9. The van der Waals surface area contributed by atoms with Gasteiger partial charge in [-0.05, 0) is 24.6 Å². The van der Waals surface area contributed by atoms with E-state index in [2.05, 4.69) is 16.0 Å². The van der Waals surface area contributed by atoms with Crippen LogP contribution >= 0.6 is 11.6 Å². The number of carbonyl (C=O) groups is 2. The summed E-state index contributed by atoms with van der Waals surface area (Å²) < 4.78 is 23.8. The van der Waals surface area contributed by atoms with Gasteiger partial charge in [-0.15, -0.1) is 0 Å². The van der Waals surface area contributed by atoms with E-state index in [-0.39, 0.29) is 12.5 Å². The molecule has 1 aromatic carbocycles. The fraction of sp³-hybridized carbons (Fsp3) is 0.500. The number of halogens is 1. The average molecular weight is 418 g/mol. The summed E-state index contributed by atoms with van der Waals surface area (Å²) in [6, 6.07) is 4.70. The number of sulfonamides is 1. The Labute approximate surface area is 164 Å². The molecule has 1 saturated heterocycles. The van der Waals surface area contributed by atoms with E-state index in [1.54, 1.807) is 18.2 Å². The van der Waals surface area contributed by atoms with Gasteiger partial charge in [-0.25, -0.2) is 17.5 Å². The normalized spacial score (nSPS) is 14.8. The van der Waals surface area contributed by atoms with Crippen LogP contribution in [0.3, 0.4) is 0 Å². The average Bonchev–Trinajstić information content (AvgIpc) is 2.57. The highest BCUT2D eigenvalue weighted by molar-refractivity contribution is 7.88. The number of nitrogens with zero attached hydrogens (tertiary/aromatic N) is 2. The predicted octanol–water partition coefficient (Wildman–Crippen LogP) is 0.679. The van der Waals surface area contributed by atoms with Crippen LogP contribution in [0.25, 0.3) is 0 Å². The molecule has 0 radical (unpaired) electrons. The summed E-state index contributed by atoms with van der Waals surface area (Å²) in [6.07, 6.45) is 1.63. The summed E-state index contributed by atoms with van der Waals surface area (Å²) in [5.41, 5.74) is 1.26. The third-order valence-electron chi connectivity index (χ3n) is 4.09. The molecule has 1 fully saturated rings. The third-order valence-corrected chi connectivity index (χ3v) is 5.70. The minimum Gasteiger partial charge on any atom is -0.359 e. The van der Waals surface area contributed by atoms with Gasteiger partial charge >= 0.3 is 6.03 Å². The molecule has 9 nitrogen and oxygen atoms in total. The Balaban J connectivity index is 1.82. The van der Waals surface area contributed by atoms with Crippen LogP contribution in [-0.2, 0) is 14.8 Å². The van der Waals surface area contributed by atoms with E-state index in [0.717, 1.165) is 11.9 Å². The maximum Gasteiger partial charge on any atom is 0.319 e. The Morgan fingerprint density at radius 1 is 1.41 bits per heavy atom. The number of benzene rings is 1. The van der Waals surface area contributed by atoms with E-state index in [9.17, 15) is 18.0 Å². The number of nitrogens with one attached hydrogen (secondary N) is 3. The summed E-state index contributed by atoms with van der Waals surface area (Å²) >= 11 is 6.29. The standard InChI is InChI=1S/C16H24ClN5O4S/c1-21(27(2,25)26)8-3-6-19-16(24)20-12-4-5-14(13(17)10-12)22-9-7-18-15(23)11-22/h4-5,10H,3,6-9,11H2,1-2H3,(H,18,23)(H2,19,20,24). The molecule has 2 rings (SSSR count). The van der Waals surface area contributed by atoms with Crippen LogP contribution < -0.4 is 20.9 Å². The zero-order valence-corrected chi connectivity index (χ0v) is 16.9. The Bertz CT molecular complexity index is 802. The van der Waals surface area contributed by atoms with Gasteiger partial charge in [0, 0.05) is 38.9 Å². The zero-order chi connectivity index (χ0) is 20.0. The first-order valence-electron chi connectivity index (χ1n) is 8.44. The van der Waals surface area contributed by atoms with E-state index in [1.807, 2.05) is 4.90 Å². The van der Waals surface area contributed by atoms with Crippen molar-refractivity contribution < 1.29 is 18.0 Å². The number of rotatable bonds is 7. The quantitative estimate of drug-likeness (QED) is 0.565. The molecule has 3 amide bonds. The van der Waals surface area contributed by atoms with Crippen molar-refractivity contribution in [3.05, 3.63) is 23.2 Å². The van der Waals surface area contributed by atoms with Crippen LogP contribution in [0.1, 0.15) is 6.42 Å². The number of amides is 3. The Kier molecular flexibility index (Phi) is 7.28. The van der Waals surface area contributed by atoms with Gasteiger partial charge in [0.1, 0.15) is 0 Å². The molecule has 3 N–H and O–H groups in total. The highest BCUT2D eigenvalue weighted by atomic mass is 35.5. The minimum absolute atomic E-state index is 0.0552. The van der Waals surface area contributed by atoms with Crippen molar-refractivity contribution in [3.8, 4) is 0 Å².